The van der Waals surface area contributed by atoms with E-state index in [9.17, 15) is 18.5 Å². The van der Waals surface area contributed by atoms with E-state index < -0.39 is 33.4 Å². The molecule has 43 heavy (non-hydrogen) atoms. The van der Waals surface area contributed by atoms with Gasteiger partial charge in [-0.3, -0.25) is 14.3 Å². The van der Waals surface area contributed by atoms with Crippen molar-refractivity contribution in [1.29, 1.82) is 0 Å². The van der Waals surface area contributed by atoms with E-state index in [0.717, 1.165) is 41.0 Å². The van der Waals surface area contributed by atoms with Gasteiger partial charge in [-0.1, -0.05) is 97.1 Å². The van der Waals surface area contributed by atoms with Gasteiger partial charge < -0.3 is 14.2 Å². The SMILES string of the molecule is C=C[C@H](OCc1ccccc1)[C@@H](OCc1ccccc1)[C@@H](COCc1ccccc1)OS(=O)(=O)c1ccc([N+](=O)[O-])cc1. The number of nitrogens with zero attached hydrogens (tertiary/aromatic N) is 1. The Kier molecular flexibility index (Phi) is 11.7. The van der Waals surface area contributed by atoms with Crippen LogP contribution < -0.4 is 0 Å². The molecular weight excluding hydrogens is 570 g/mol. The van der Waals surface area contributed by atoms with Gasteiger partial charge >= 0.3 is 0 Å². The van der Waals surface area contributed by atoms with Crippen molar-refractivity contribution in [3.63, 3.8) is 0 Å². The topological polar surface area (TPSA) is 114 Å². The molecule has 3 atom stereocenters. The Hall–Kier alpha value is -4.19. The van der Waals surface area contributed by atoms with Gasteiger partial charge in [0.15, 0.2) is 0 Å². The van der Waals surface area contributed by atoms with Crippen molar-refractivity contribution < 1.29 is 31.7 Å². The van der Waals surface area contributed by atoms with Gasteiger partial charge in [-0.25, -0.2) is 0 Å². The number of hydrogen-bond acceptors (Lipinski definition) is 8. The molecule has 10 heteroatoms. The van der Waals surface area contributed by atoms with E-state index in [2.05, 4.69) is 6.58 Å². The Morgan fingerprint density at radius 3 is 1.70 bits per heavy atom. The minimum absolute atomic E-state index is 0.140. The molecule has 224 valence electrons. The van der Waals surface area contributed by atoms with Crippen molar-refractivity contribution in [3.05, 3.63) is 155 Å². The number of hydrogen-bond donors (Lipinski definition) is 0. The van der Waals surface area contributed by atoms with Crippen LogP contribution in [-0.4, -0.2) is 38.3 Å². The molecule has 4 aromatic rings. The third kappa shape index (κ3) is 9.67. The fraction of sp³-hybridized carbons (Fsp3) is 0.212. The minimum atomic E-state index is -4.41. The second-order valence-corrected chi connectivity index (χ2v) is 11.2. The average molecular weight is 604 g/mol. The number of benzene rings is 4. The minimum Gasteiger partial charge on any atom is -0.374 e. The smallest absolute Gasteiger partial charge is 0.297 e. The summed E-state index contributed by atoms with van der Waals surface area (Å²) in [7, 11) is -4.41. The average Bonchev–Trinajstić information content (AvgIpc) is 3.03. The van der Waals surface area contributed by atoms with E-state index in [1.165, 1.54) is 0 Å². The first kappa shape index (κ1) is 31.7. The van der Waals surface area contributed by atoms with Crippen LogP contribution in [0.15, 0.2) is 133 Å². The van der Waals surface area contributed by atoms with Gasteiger partial charge in [0.05, 0.1) is 36.2 Å². The lowest BCUT2D eigenvalue weighted by Crippen LogP contribution is -2.45. The molecule has 0 radical (unpaired) electrons. The van der Waals surface area contributed by atoms with E-state index >= 15 is 0 Å². The molecular formula is C33H33NO8S. The van der Waals surface area contributed by atoms with Crippen LogP contribution in [0.4, 0.5) is 5.69 Å². The Morgan fingerprint density at radius 2 is 1.21 bits per heavy atom. The fourth-order valence-corrected chi connectivity index (χ4v) is 5.31. The summed E-state index contributed by atoms with van der Waals surface area (Å²) in [5.41, 5.74) is 2.42. The molecule has 0 bridgehead atoms. The van der Waals surface area contributed by atoms with Crippen LogP contribution in [-0.2, 0) is 48.3 Å². The highest BCUT2D eigenvalue weighted by Gasteiger charge is 2.35. The summed E-state index contributed by atoms with van der Waals surface area (Å²) in [5.74, 6) is 0. The molecule has 0 aliphatic carbocycles. The van der Waals surface area contributed by atoms with Gasteiger partial charge in [-0.15, -0.1) is 6.58 Å². The van der Waals surface area contributed by atoms with Crippen LogP contribution in [0.2, 0.25) is 0 Å². The normalized spacial score (nSPS) is 13.6. The molecule has 0 saturated carbocycles. The van der Waals surface area contributed by atoms with Crippen LogP contribution >= 0.6 is 0 Å². The summed E-state index contributed by atoms with van der Waals surface area (Å²) in [6.45, 7) is 4.32. The predicted octanol–water partition coefficient (Wildman–Crippen LogP) is 6.24. The molecule has 0 aromatic heterocycles. The highest BCUT2D eigenvalue weighted by atomic mass is 32.2. The van der Waals surface area contributed by atoms with Crippen molar-refractivity contribution in [2.45, 2.75) is 43.0 Å². The van der Waals surface area contributed by atoms with Crippen LogP contribution in [0, 0.1) is 10.1 Å². The molecule has 0 aliphatic heterocycles. The van der Waals surface area contributed by atoms with Crippen molar-refractivity contribution in [3.8, 4) is 0 Å². The second kappa shape index (κ2) is 15.9. The lowest BCUT2D eigenvalue weighted by molar-refractivity contribution is -0.384. The highest BCUT2D eigenvalue weighted by molar-refractivity contribution is 7.86. The monoisotopic (exact) mass is 603 g/mol. The summed E-state index contributed by atoms with van der Waals surface area (Å²) in [6.07, 6.45) is -1.39. The molecule has 0 N–H and O–H groups in total. The van der Waals surface area contributed by atoms with Crippen molar-refractivity contribution in [2.75, 3.05) is 6.61 Å². The van der Waals surface area contributed by atoms with Gasteiger partial charge in [0.25, 0.3) is 15.8 Å². The number of nitro benzene ring substituents is 1. The van der Waals surface area contributed by atoms with E-state index in [-0.39, 0.29) is 37.0 Å². The summed E-state index contributed by atoms with van der Waals surface area (Å²) in [4.78, 5) is 10.2. The molecule has 0 unspecified atom stereocenters. The number of nitro groups is 1. The zero-order chi connectivity index (χ0) is 30.5. The summed E-state index contributed by atoms with van der Waals surface area (Å²) >= 11 is 0. The molecule has 0 fully saturated rings. The maximum Gasteiger partial charge on any atom is 0.297 e. The molecule has 4 rings (SSSR count). The third-order valence-electron chi connectivity index (χ3n) is 6.47. The molecule has 0 heterocycles. The summed E-state index contributed by atoms with van der Waals surface area (Å²) in [6, 6.07) is 32.8. The van der Waals surface area contributed by atoms with Gasteiger partial charge in [0.2, 0.25) is 0 Å². The van der Waals surface area contributed by atoms with Crippen LogP contribution in [0.1, 0.15) is 16.7 Å². The van der Waals surface area contributed by atoms with Crippen molar-refractivity contribution in [1.82, 2.24) is 0 Å². The standard InChI is InChI=1S/C33H33NO8S/c1-2-31(40-23-27-14-8-4-9-15-27)33(41-24-28-16-10-5-11-17-28)32(25-39-22-26-12-6-3-7-13-26)42-43(37,38)30-20-18-29(19-21-30)34(35)36/h2-21,31-33H,1,22-25H2/t31-,32+,33+/m0/s1. The zero-order valence-electron chi connectivity index (χ0n) is 23.4. The number of non-ortho nitro benzene ring substituents is 1. The molecule has 0 spiro atoms. The summed E-state index contributed by atoms with van der Waals surface area (Å²) in [5, 5.41) is 11.1. The second-order valence-electron chi connectivity index (χ2n) is 9.60. The van der Waals surface area contributed by atoms with Crippen molar-refractivity contribution in [2.24, 2.45) is 0 Å². The van der Waals surface area contributed by atoms with E-state index in [1.54, 1.807) is 6.08 Å². The lowest BCUT2D eigenvalue weighted by atomic mass is 10.1. The first-order valence-corrected chi connectivity index (χ1v) is 15.0. The fourth-order valence-electron chi connectivity index (χ4n) is 4.24. The molecule has 0 amide bonds. The van der Waals surface area contributed by atoms with Crippen LogP contribution in [0.3, 0.4) is 0 Å². The molecule has 0 aliphatic rings. The Labute approximate surface area is 251 Å². The molecule has 4 aromatic carbocycles. The molecule has 0 saturated heterocycles. The first-order valence-electron chi connectivity index (χ1n) is 13.6. The quantitative estimate of drug-likeness (QED) is 0.0603. The van der Waals surface area contributed by atoms with E-state index in [1.807, 2.05) is 91.0 Å². The van der Waals surface area contributed by atoms with Gasteiger partial charge in [0.1, 0.15) is 18.3 Å². The maximum absolute atomic E-state index is 13.5. The van der Waals surface area contributed by atoms with Gasteiger partial charge in [-0.05, 0) is 28.8 Å². The van der Waals surface area contributed by atoms with E-state index in [4.69, 9.17) is 18.4 Å². The summed E-state index contributed by atoms with van der Waals surface area (Å²) < 4.78 is 51.1. The highest BCUT2D eigenvalue weighted by Crippen LogP contribution is 2.24. The van der Waals surface area contributed by atoms with Crippen LogP contribution in [0.5, 0.6) is 0 Å². The van der Waals surface area contributed by atoms with Crippen molar-refractivity contribution >= 4 is 15.8 Å². The molecule has 9 nitrogen and oxygen atoms in total. The van der Waals surface area contributed by atoms with E-state index in [0.29, 0.717) is 0 Å². The Morgan fingerprint density at radius 1 is 0.721 bits per heavy atom. The van der Waals surface area contributed by atoms with Crippen LogP contribution in [0.25, 0.3) is 0 Å². The van der Waals surface area contributed by atoms with Gasteiger partial charge in [0, 0.05) is 12.1 Å². The Bertz CT molecular complexity index is 1530. The predicted molar refractivity (Wildman–Crippen MR) is 161 cm³/mol. The third-order valence-corrected chi connectivity index (χ3v) is 7.82. The number of ether oxygens (including phenoxy) is 3. The lowest BCUT2D eigenvalue weighted by Gasteiger charge is -2.32. The first-order chi connectivity index (χ1) is 20.9. The zero-order valence-corrected chi connectivity index (χ0v) is 24.3. The maximum atomic E-state index is 13.5. The Balaban J connectivity index is 1.62. The number of rotatable bonds is 17. The van der Waals surface area contributed by atoms with Gasteiger partial charge in [-0.2, -0.15) is 8.42 Å². The largest absolute Gasteiger partial charge is 0.374 e.